The normalized spacial score (nSPS) is 16.5. The minimum Gasteiger partial charge on any atom is -0.340 e. The summed E-state index contributed by atoms with van der Waals surface area (Å²) in [6, 6.07) is 6.55. The Morgan fingerprint density at radius 1 is 1.33 bits per heavy atom. The maximum atomic E-state index is 12.3. The van der Waals surface area contributed by atoms with Gasteiger partial charge in [0.25, 0.3) is 5.69 Å². The average molecular weight is 291 g/mol. The molecule has 1 aliphatic heterocycles. The molecule has 114 valence electrons. The summed E-state index contributed by atoms with van der Waals surface area (Å²) in [4.78, 5) is 24.4. The van der Waals surface area contributed by atoms with Crippen LogP contribution in [-0.2, 0) is 11.2 Å². The SMILES string of the molecule is CC(CCc1ccc([N+](=O)[O-])cc1)C(=O)N1CCNCC1. The molecular weight excluding hydrogens is 270 g/mol. The molecule has 0 aromatic heterocycles. The topological polar surface area (TPSA) is 75.5 Å². The quantitative estimate of drug-likeness (QED) is 0.660. The molecule has 1 aromatic rings. The molecule has 1 unspecified atom stereocenters. The van der Waals surface area contributed by atoms with Crippen LogP contribution in [0.4, 0.5) is 5.69 Å². The molecule has 2 rings (SSSR count). The van der Waals surface area contributed by atoms with Crippen molar-refractivity contribution in [3.8, 4) is 0 Å². The van der Waals surface area contributed by atoms with Gasteiger partial charge in [-0.15, -0.1) is 0 Å². The first-order valence-electron chi connectivity index (χ1n) is 7.31. The molecule has 0 aliphatic carbocycles. The second-order valence-electron chi connectivity index (χ2n) is 5.44. The van der Waals surface area contributed by atoms with Gasteiger partial charge in [0.05, 0.1) is 4.92 Å². The van der Waals surface area contributed by atoms with Crippen LogP contribution < -0.4 is 5.32 Å². The Bertz CT molecular complexity index is 495. The monoisotopic (exact) mass is 291 g/mol. The maximum Gasteiger partial charge on any atom is 0.269 e. The van der Waals surface area contributed by atoms with Crippen molar-refractivity contribution in [2.75, 3.05) is 26.2 Å². The molecule has 1 aromatic carbocycles. The predicted octanol–water partition coefficient (Wildman–Crippen LogP) is 1.60. The number of rotatable bonds is 5. The van der Waals surface area contributed by atoms with E-state index in [1.807, 2.05) is 11.8 Å². The highest BCUT2D eigenvalue weighted by Crippen LogP contribution is 2.16. The Morgan fingerprint density at radius 3 is 2.52 bits per heavy atom. The van der Waals surface area contributed by atoms with Gasteiger partial charge in [0, 0.05) is 44.2 Å². The zero-order valence-electron chi connectivity index (χ0n) is 12.2. The number of carbonyl (C=O) groups is 1. The fourth-order valence-corrected chi connectivity index (χ4v) is 2.49. The Hall–Kier alpha value is -1.95. The van der Waals surface area contributed by atoms with Gasteiger partial charge < -0.3 is 10.2 Å². The zero-order chi connectivity index (χ0) is 15.2. The summed E-state index contributed by atoms with van der Waals surface area (Å²) in [5.74, 6) is 0.191. The minimum atomic E-state index is -0.402. The molecule has 1 saturated heterocycles. The molecule has 0 bridgehead atoms. The van der Waals surface area contributed by atoms with Crippen LogP contribution in [0.15, 0.2) is 24.3 Å². The average Bonchev–Trinajstić information content (AvgIpc) is 2.53. The smallest absolute Gasteiger partial charge is 0.269 e. The first-order chi connectivity index (χ1) is 10.1. The molecule has 0 saturated carbocycles. The molecule has 6 nitrogen and oxygen atoms in total. The number of nitrogens with one attached hydrogen (secondary N) is 1. The number of nitro benzene ring substituents is 1. The second-order valence-corrected chi connectivity index (χ2v) is 5.44. The Kier molecular flexibility index (Phi) is 5.27. The predicted molar refractivity (Wildman–Crippen MR) is 80.0 cm³/mol. The van der Waals surface area contributed by atoms with Gasteiger partial charge in [-0.3, -0.25) is 14.9 Å². The van der Waals surface area contributed by atoms with E-state index in [1.165, 1.54) is 12.1 Å². The molecule has 1 aliphatic rings. The van der Waals surface area contributed by atoms with E-state index in [4.69, 9.17) is 0 Å². The largest absolute Gasteiger partial charge is 0.340 e. The van der Waals surface area contributed by atoms with Gasteiger partial charge in [0.15, 0.2) is 0 Å². The molecule has 0 spiro atoms. The number of aryl methyl sites for hydroxylation is 1. The summed E-state index contributed by atoms with van der Waals surface area (Å²) in [7, 11) is 0. The Balaban J connectivity index is 1.83. The molecule has 21 heavy (non-hydrogen) atoms. The van der Waals surface area contributed by atoms with Gasteiger partial charge in [0.1, 0.15) is 0 Å². The van der Waals surface area contributed by atoms with E-state index in [0.29, 0.717) is 0 Å². The molecule has 1 fully saturated rings. The van der Waals surface area contributed by atoms with Crippen molar-refractivity contribution in [1.29, 1.82) is 0 Å². The van der Waals surface area contributed by atoms with Gasteiger partial charge >= 0.3 is 0 Å². The highest BCUT2D eigenvalue weighted by Gasteiger charge is 2.21. The number of carbonyl (C=O) groups excluding carboxylic acids is 1. The fourth-order valence-electron chi connectivity index (χ4n) is 2.49. The molecule has 1 heterocycles. The molecule has 1 atom stereocenters. The molecule has 1 amide bonds. The minimum absolute atomic E-state index is 0.0155. The first-order valence-corrected chi connectivity index (χ1v) is 7.31. The summed E-state index contributed by atoms with van der Waals surface area (Å²) in [6.07, 6.45) is 1.53. The highest BCUT2D eigenvalue weighted by molar-refractivity contribution is 5.78. The standard InChI is InChI=1S/C15H21N3O3/c1-12(15(19)17-10-8-16-9-11-17)2-3-13-4-6-14(7-5-13)18(20)21/h4-7,12,16H,2-3,8-11H2,1H3. The van der Waals surface area contributed by atoms with E-state index in [9.17, 15) is 14.9 Å². The van der Waals surface area contributed by atoms with Gasteiger partial charge in [-0.05, 0) is 18.4 Å². The van der Waals surface area contributed by atoms with E-state index in [1.54, 1.807) is 12.1 Å². The van der Waals surface area contributed by atoms with Gasteiger partial charge in [-0.25, -0.2) is 0 Å². The van der Waals surface area contributed by atoms with Crippen LogP contribution in [0.25, 0.3) is 0 Å². The number of nitrogens with zero attached hydrogens (tertiary/aromatic N) is 2. The van der Waals surface area contributed by atoms with E-state index < -0.39 is 4.92 Å². The van der Waals surface area contributed by atoms with E-state index >= 15 is 0 Å². The number of hydrogen-bond acceptors (Lipinski definition) is 4. The van der Waals surface area contributed by atoms with Crippen LogP contribution in [0.5, 0.6) is 0 Å². The first kappa shape index (κ1) is 15.4. The van der Waals surface area contributed by atoms with E-state index in [0.717, 1.165) is 44.6 Å². The van der Waals surface area contributed by atoms with Crippen molar-refractivity contribution < 1.29 is 9.72 Å². The molecular formula is C15H21N3O3. The zero-order valence-corrected chi connectivity index (χ0v) is 12.2. The van der Waals surface area contributed by atoms with Crippen molar-refractivity contribution in [3.63, 3.8) is 0 Å². The second kappa shape index (κ2) is 7.17. The molecule has 1 N–H and O–H groups in total. The van der Waals surface area contributed by atoms with Gasteiger partial charge in [-0.2, -0.15) is 0 Å². The lowest BCUT2D eigenvalue weighted by atomic mass is 9.99. The van der Waals surface area contributed by atoms with Gasteiger partial charge in [0.2, 0.25) is 5.91 Å². The third-order valence-electron chi connectivity index (χ3n) is 3.86. The fraction of sp³-hybridized carbons (Fsp3) is 0.533. The van der Waals surface area contributed by atoms with Crippen LogP contribution in [-0.4, -0.2) is 41.9 Å². The molecule has 0 radical (unpaired) electrons. The third-order valence-corrected chi connectivity index (χ3v) is 3.86. The summed E-state index contributed by atoms with van der Waals surface area (Å²) in [5.41, 5.74) is 1.13. The van der Waals surface area contributed by atoms with Crippen LogP contribution >= 0.6 is 0 Å². The summed E-state index contributed by atoms with van der Waals surface area (Å²) >= 11 is 0. The highest BCUT2D eigenvalue weighted by atomic mass is 16.6. The summed E-state index contributed by atoms with van der Waals surface area (Å²) in [5, 5.41) is 13.8. The number of non-ortho nitro benzene ring substituents is 1. The van der Waals surface area contributed by atoms with Crippen molar-refractivity contribution in [2.45, 2.75) is 19.8 Å². The number of piperazine rings is 1. The van der Waals surface area contributed by atoms with Gasteiger partial charge in [-0.1, -0.05) is 19.1 Å². The van der Waals surface area contributed by atoms with Crippen LogP contribution in [0.1, 0.15) is 18.9 Å². The maximum absolute atomic E-state index is 12.3. The third kappa shape index (κ3) is 4.26. The van der Waals surface area contributed by atoms with E-state index in [2.05, 4.69) is 5.32 Å². The van der Waals surface area contributed by atoms with Crippen LogP contribution in [0.2, 0.25) is 0 Å². The van der Waals surface area contributed by atoms with Crippen molar-refractivity contribution in [2.24, 2.45) is 5.92 Å². The summed E-state index contributed by atoms with van der Waals surface area (Å²) in [6.45, 7) is 5.23. The number of hydrogen-bond donors (Lipinski definition) is 1. The van der Waals surface area contributed by atoms with Crippen LogP contribution in [0.3, 0.4) is 0 Å². The van der Waals surface area contributed by atoms with Crippen molar-refractivity contribution >= 4 is 11.6 Å². The Labute approximate surface area is 124 Å². The number of benzene rings is 1. The Morgan fingerprint density at radius 2 is 1.95 bits per heavy atom. The van der Waals surface area contributed by atoms with Crippen LogP contribution in [0, 0.1) is 16.0 Å². The lowest BCUT2D eigenvalue weighted by molar-refractivity contribution is -0.384. The number of amides is 1. The number of nitro groups is 1. The van der Waals surface area contributed by atoms with Crippen molar-refractivity contribution in [1.82, 2.24) is 10.2 Å². The van der Waals surface area contributed by atoms with E-state index in [-0.39, 0.29) is 17.5 Å². The lowest BCUT2D eigenvalue weighted by Crippen LogP contribution is -2.48. The van der Waals surface area contributed by atoms with Crippen molar-refractivity contribution in [3.05, 3.63) is 39.9 Å². The lowest BCUT2D eigenvalue weighted by Gasteiger charge is -2.29. The molecule has 6 heteroatoms. The summed E-state index contributed by atoms with van der Waals surface area (Å²) < 4.78 is 0.